The summed E-state index contributed by atoms with van der Waals surface area (Å²) in [6, 6.07) is 6.73. The minimum absolute atomic E-state index is 0.331. The molecule has 1 nitrogen and oxygen atoms in total. The summed E-state index contributed by atoms with van der Waals surface area (Å²) in [4.78, 5) is 2.91. The normalized spacial score (nSPS) is 23.3. The lowest BCUT2D eigenvalue weighted by Gasteiger charge is -2.33. The molecule has 1 atom stereocenters. The quantitative estimate of drug-likeness (QED) is 0.853. The second kappa shape index (κ2) is 5.39. The van der Waals surface area contributed by atoms with E-state index in [-0.39, 0.29) is 0 Å². The summed E-state index contributed by atoms with van der Waals surface area (Å²) in [6.45, 7) is 5.89. The molecule has 0 aromatic carbocycles. The Kier molecular flexibility index (Phi) is 3.79. The van der Waals surface area contributed by atoms with Gasteiger partial charge < -0.3 is 5.32 Å². The van der Waals surface area contributed by atoms with Crippen LogP contribution in [0, 0.1) is 5.92 Å². The Morgan fingerprint density at radius 2 is 2.26 bits per heavy atom. The molecule has 19 heavy (non-hydrogen) atoms. The van der Waals surface area contributed by atoms with E-state index in [0.29, 0.717) is 11.5 Å². The van der Waals surface area contributed by atoms with Crippen molar-refractivity contribution in [3.63, 3.8) is 0 Å². The van der Waals surface area contributed by atoms with Gasteiger partial charge in [-0.1, -0.05) is 19.9 Å². The fourth-order valence-corrected chi connectivity index (χ4v) is 4.83. The third-order valence-corrected chi connectivity index (χ3v) is 6.19. The predicted molar refractivity (Wildman–Crippen MR) is 86.1 cm³/mol. The molecule has 0 radical (unpaired) electrons. The van der Waals surface area contributed by atoms with Crippen LogP contribution in [0.5, 0.6) is 0 Å². The van der Waals surface area contributed by atoms with Crippen molar-refractivity contribution in [2.45, 2.75) is 38.6 Å². The maximum absolute atomic E-state index is 3.77. The van der Waals surface area contributed by atoms with Gasteiger partial charge in [-0.25, -0.2) is 0 Å². The lowest BCUT2D eigenvalue weighted by Crippen LogP contribution is -2.46. The molecule has 1 N–H and O–H groups in total. The number of hydrogen-bond donors (Lipinski definition) is 1. The van der Waals surface area contributed by atoms with Crippen LogP contribution in [0.3, 0.4) is 0 Å². The van der Waals surface area contributed by atoms with Crippen molar-refractivity contribution in [3.8, 4) is 10.4 Å². The van der Waals surface area contributed by atoms with Gasteiger partial charge in [-0.2, -0.15) is 0 Å². The molecule has 2 aromatic rings. The van der Waals surface area contributed by atoms with Gasteiger partial charge in [-0.05, 0) is 48.2 Å². The Bertz CT molecular complexity index is 519. The Balaban J connectivity index is 1.80. The second-order valence-corrected chi connectivity index (χ2v) is 7.74. The summed E-state index contributed by atoms with van der Waals surface area (Å²) in [6.07, 6.45) is 3.82. The second-order valence-electron chi connectivity index (χ2n) is 5.80. The largest absolute Gasteiger partial charge is 0.311 e. The third kappa shape index (κ3) is 2.64. The molecular formula is C16H21NS2. The molecule has 3 rings (SSSR count). The smallest absolute Gasteiger partial charge is 0.0351 e. The van der Waals surface area contributed by atoms with E-state index in [1.807, 2.05) is 22.7 Å². The van der Waals surface area contributed by atoms with Gasteiger partial charge >= 0.3 is 0 Å². The third-order valence-electron chi connectivity index (χ3n) is 4.33. The first-order valence-electron chi connectivity index (χ1n) is 7.06. The van der Waals surface area contributed by atoms with E-state index < -0.39 is 0 Å². The number of nitrogens with one attached hydrogen (secondary N) is 1. The van der Waals surface area contributed by atoms with E-state index in [9.17, 15) is 0 Å². The van der Waals surface area contributed by atoms with Gasteiger partial charge in [0.1, 0.15) is 0 Å². The van der Waals surface area contributed by atoms with Gasteiger partial charge in [0, 0.05) is 27.3 Å². The predicted octanol–water partition coefficient (Wildman–Crippen LogP) is 4.80. The van der Waals surface area contributed by atoms with Gasteiger partial charge in [0.05, 0.1) is 0 Å². The summed E-state index contributed by atoms with van der Waals surface area (Å²) in [5, 5.41) is 8.23. The van der Waals surface area contributed by atoms with Gasteiger partial charge in [0.25, 0.3) is 0 Å². The van der Waals surface area contributed by atoms with Crippen LogP contribution in [0.2, 0.25) is 0 Å². The molecule has 1 aliphatic heterocycles. The highest BCUT2D eigenvalue weighted by Crippen LogP contribution is 2.35. The molecule has 0 bridgehead atoms. The number of thiophene rings is 2. The van der Waals surface area contributed by atoms with E-state index in [4.69, 9.17) is 0 Å². The highest BCUT2D eigenvalue weighted by atomic mass is 32.1. The summed E-state index contributed by atoms with van der Waals surface area (Å²) in [7, 11) is 0. The fourth-order valence-electron chi connectivity index (χ4n) is 3.03. The Morgan fingerprint density at radius 1 is 1.37 bits per heavy atom. The van der Waals surface area contributed by atoms with Crippen LogP contribution in [0.15, 0.2) is 29.0 Å². The highest BCUT2D eigenvalue weighted by molar-refractivity contribution is 7.14. The van der Waals surface area contributed by atoms with E-state index in [1.165, 1.54) is 41.1 Å². The van der Waals surface area contributed by atoms with Crippen molar-refractivity contribution in [1.29, 1.82) is 0 Å². The first kappa shape index (κ1) is 13.3. The minimum Gasteiger partial charge on any atom is -0.311 e. The zero-order valence-corrected chi connectivity index (χ0v) is 13.2. The van der Waals surface area contributed by atoms with Crippen molar-refractivity contribution < 1.29 is 0 Å². The van der Waals surface area contributed by atoms with Crippen LogP contribution >= 0.6 is 22.7 Å². The standard InChI is InChI=1S/C16H21NS2/c1-12(2)16(6-4-7-17-16)10-14-9-13(11-19-14)15-5-3-8-18-15/h3,5,8-9,11-12,17H,4,6-7,10H2,1-2H3. The fraction of sp³-hybridized carbons (Fsp3) is 0.500. The lowest BCUT2D eigenvalue weighted by atomic mass is 9.81. The summed E-state index contributed by atoms with van der Waals surface area (Å²) >= 11 is 3.75. The maximum Gasteiger partial charge on any atom is 0.0351 e. The van der Waals surface area contributed by atoms with Crippen LogP contribution in [-0.4, -0.2) is 12.1 Å². The topological polar surface area (TPSA) is 12.0 Å². The van der Waals surface area contributed by atoms with Crippen molar-refractivity contribution in [1.82, 2.24) is 5.32 Å². The van der Waals surface area contributed by atoms with E-state index >= 15 is 0 Å². The van der Waals surface area contributed by atoms with Crippen molar-refractivity contribution >= 4 is 22.7 Å². The van der Waals surface area contributed by atoms with E-state index in [0.717, 1.165) is 0 Å². The maximum atomic E-state index is 3.77. The highest BCUT2D eigenvalue weighted by Gasteiger charge is 2.36. The molecule has 102 valence electrons. The molecule has 1 fully saturated rings. The number of rotatable bonds is 4. The van der Waals surface area contributed by atoms with E-state index in [1.54, 1.807) is 0 Å². The van der Waals surface area contributed by atoms with Crippen molar-refractivity contribution in [2.75, 3.05) is 6.54 Å². The van der Waals surface area contributed by atoms with Crippen LogP contribution in [-0.2, 0) is 6.42 Å². The molecule has 2 aromatic heterocycles. The Labute approximate surface area is 123 Å². The van der Waals surface area contributed by atoms with Crippen LogP contribution in [0.4, 0.5) is 0 Å². The van der Waals surface area contributed by atoms with Crippen LogP contribution in [0.25, 0.3) is 10.4 Å². The molecule has 0 spiro atoms. The molecule has 1 saturated heterocycles. The molecule has 3 heteroatoms. The Hall–Kier alpha value is -0.640. The van der Waals surface area contributed by atoms with E-state index in [2.05, 4.69) is 48.1 Å². The SMILES string of the molecule is CC(C)C1(Cc2cc(-c3cccs3)cs2)CCCN1. The van der Waals surface area contributed by atoms with Gasteiger partial charge in [0.15, 0.2) is 0 Å². The van der Waals surface area contributed by atoms with Gasteiger partial charge in [-0.15, -0.1) is 22.7 Å². The molecular weight excluding hydrogens is 270 g/mol. The lowest BCUT2D eigenvalue weighted by molar-refractivity contribution is 0.271. The van der Waals surface area contributed by atoms with Gasteiger partial charge in [-0.3, -0.25) is 0 Å². The molecule has 1 unspecified atom stereocenters. The average Bonchev–Trinajstić information content (AvgIpc) is 3.10. The zero-order chi connectivity index (χ0) is 13.3. The molecule has 0 amide bonds. The van der Waals surface area contributed by atoms with Crippen LogP contribution in [0.1, 0.15) is 31.6 Å². The summed E-state index contributed by atoms with van der Waals surface area (Å²) in [5.41, 5.74) is 1.73. The number of hydrogen-bond acceptors (Lipinski definition) is 3. The monoisotopic (exact) mass is 291 g/mol. The molecule has 0 aliphatic carbocycles. The van der Waals surface area contributed by atoms with Crippen LogP contribution < -0.4 is 5.32 Å². The first-order chi connectivity index (χ1) is 9.20. The summed E-state index contributed by atoms with van der Waals surface area (Å²) in [5.74, 6) is 0.697. The Morgan fingerprint density at radius 3 is 2.89 bits per heavy atom. The molecule has 1 aliphatic rings. The summed E-state index contributed by atoms with van der Waals surface area (Å²) < 4.78 is 0. The zero-order valence-electron chi connectivity index (χ0n) is 11.6. The molecule has 3 heterocycles. The first-order valence-corrected chi connectivity index (χ1v) is 8.82. The van der Waals surface area contributed by atoms with Crippen molar-refractivity contribution in [2.24, 2.45) is 5.92 Å². The minimum atomic E-state index is 0.331. The van der Waals surface area contributed by atoms with Crippen molar-refractivity contribution in [3.05, 3.63) is 33.8 Å². The molecule has 0 saturated carbocycles. The van der Waals surface area contributed by atoms with Gasteiger partial charge in [0.2, 0.25) is 0 Å². The average molecular weight is 291 g/mol.